The molecule has 2 saturated carbocycles. The molecule has 0 amide bonds. The minimum atomic E-state index is 0.509. The predicted octanol–water partition coefficient (Wildman–Crippen LogP) is 2.73. The number of hydrogen-bond acceptors (Lipinski definition) is 2. The van der Waals surface area contributed by atoms with Gasteiger partial charge in [-0.1, -0.05) is 18.0 Å². The maximum atomic E-state index is 5.11. The largest absolute Gasteiger partial charge is 0.396 e. The van der Waals surface area contributed by atoms with Crippen molar-refractivity contribution in [1.29, 1.82) is 0 Å². The van der Waals surface area contributed by atoms with Crippen molar-refractivity contribution in [3.8, 4) is 0 Å². The quantitative estimate of drug-likeness (QED) is 0.579. The summed E-state index contributed by atoms with van der Waals surface area (Å²) in [5, 5.41) is 4.20. The summed E-state index contributed by atoms with van der Waals surface area (Å²) >= 11 is 0. The summed E-state index contributed by atoms with van der Waals surface area (Å²) in [5.41, 5.74) is 1.86. The van der Waals surface area contributed by atoms with Gasteiger partial charge in [0.15, 0.2) is 0 Å². The zero-order valence-electron chi connectivity index (χ0n) is 7.81. The average Bonchev–Trinajstić information content (AvgIpc) is 2.53. The first-order valence-electron chi connectivity index (χ1n) is 5.07. The second kappa shape index (κ2) is 3.08. The Hall–Kier alpha value is -0.530. The highest BCUT2D eigenvalue weighted by molar-refractivity contribution is 5.95. The van der Waals surface area contributed by atoms with E-state index in [1.807, 2.05) is 6.92 Å². The van der Waals surface area contributed by atoms with Gasteiger partial charge in [0.2, 0.25) is 0 Å². The van der Waals surface area contributed by atoms with E-state index in [0.29, 0.717) is 12.0 Å². The highest BCUT2D eigenvalue weighted by Gasteiger charge is 2.45. The second-order valence-corrected chi connectivity index (χ2v) is 3.94. The molecule has 0 saturated heterocycles. The first-order valence-corrected chi connectivity index (χ1v) is 5.07. The highest BCUT2D eigenvalue weighted by atomic mass is 16.6. The van der Waals surface area contributed by atoms with Gasteiger partial charge in [-0.05, 0) is 32.6 Å². The summed E-state index contributed by atoms with van der Waals surface area (Å²) in [6.07, 6.45) is 8.05. The fraction of sp³-hybridized carbons (Fsp3) is 0.900. The van der Waals surface area contributed by atoms with Gasteiger partial charge in [0.1, 0.15) is 6.61 Å². The van der Waals surface area contributed by atoms with E-state index in [4.69, 9.17) is 4.84 Å². The van der Waals surface area contributed by atoms with Crippen molar-refractivity contribution in [2.45, 2.75) is 45.4 Å². The molecule has 0 radical (unpaired) electrons. The van der Waals surface area contributed by atoms with Gasteiger partial charge in [-0.15, -0.1) is 0 Å². The fourth-order valence-corrected chi connectivity index (χ4v) is 2.47. The molecule has 0 bridgehead atoms. The van der Waals surface area contributed by atoms with Crippen LogP contribution in [0.5, 0.6) is 0 Å². The van der Waals surface area contributed by atoms with E-state index in [0.717, 1.165) is 0 Å². The van der Waals surface area contributed by atoms with Crippen LogP contribution in [-0.2, 0) is 4.84 Å². The Kier molecular flexibility index (Phi) is 2.07. The number of oxime groups is 1. The lowest BCUT2D eigenvalue weighted by Gasteiger charge is -2.39. The Labute approximate surface area is 74.0 Å². The summed E-state index contributed by atoms with van der Waals surface area (Å²) in [7, 11) is 0. The van der Waals surface area contributed by atoms with Crippen molar-refractivity contribution >= 4 is 5.71 Å². The summed E-state index contributed by atoms with van der Waals surface area (Å²) in [6.45, 7) is 2.70. The lowest BCUT2D eigenvalue weighted by atomic mass is 9.66. The summed E-state index contributed by atoms with van der Waals surface area (Å²) in [6, 6.07) is 0. The van der Waals surface area contributed by atoms with Crippen molar-refractivity contribution in [2.75, 3.05) is 6.61 Å². The van der Waals surface area contributed by atoms with Gasteiger partial charge in [-0.3, -0.25) is 0 Å². The number of rotatable bonds is 2. The lowest BCUT2D eigenvalue weighted by molar-refractivity contribution is 0.147. The molecular formula is C10H17NO. The average molecular weight is 167 g/mol. The Morgan fingerprint density at radius 2 is 2.08 bits per heavy atom. The van der Waals surface area contributed by atoms with E-state index in [1.165, 1.54) is 44.2 Å². The Morgan fingerprint density at radius 1 is 1.33 bits per heavy atom. The maximum absolute atomic E-state index is 5.11. The Balaban J connectivity index is 1.99. The van der Waals surface area contributed by atoms with Crippen LogP contribution < -0.4 is 0 Å². The predicted molar refractivity (Wildman–Crippen MR) is 49.2 cm³/mol. The van der Waals surface area contributed by atoms with Gasteiger partial charge < -0.3 is 4.84 Å². The summed E-state index contributed by atoms with van der Waals surface area (Å²) < 4.78 is 0. The molecule has 0 aliphatic heterocycles. The Morgan fingerprint density at radius 3 is 2.58 bits per heavy atom. The fourth-order valence-electron chi connectivity index (χ4n) is 2.47. The van der Waals surface area contributed by atoms with E-state index in [1.54, 1.807) is 0 Å². The first-order chi connectivity index (χ1) is 5.87. The molecular weight excluding hydrogens is 150 g/mol. The highest BCUT2D eigenvalue weighted by Crippen LogP contribution is 2.51. The Bertz CT molecular complexity index is 192. The molecule has 2 fully saturated rings. The lowest BCUT2D eigenvalue weighted by Crippen LogP contribution is -2.38. The summed E-state index contributed by atoms with van der Waals surface area (Å²) in [5.74, 6) is 0. The van der Waals surface area contributed by atoms with Crippen LogP contribution in [-0.4, -0.2) is 12.3 Å². The van der Waals surface area contributed by atoms with Crippen molar-refractivity contribution in [1.82, 2.24) is 0 Å². The van der Waals surface area contributed by atoms with Crippen LogP contribution >= 0.6 is 0 Å². The van der Waals surface area contributed by atoms with E-state index in [-0.39, 0.29) is 0 Å². The molecule has 2 nitrogen and oxygen atoms in total. The third kappa shape index (κ3) is 1.13. The van der Waals surface area contributed by atoms with Gasteiger partial charge in [0.25, 0.3) is 0 Å². The molecule has 68 valence electrons. The summed E-state index contributed by atoms with van der Waals surface area (Å²) in [4.78, 5) is 5.11. The maximum Gasteiger partial charge on any atom is 0.114 e. The molecule has 2 aliphatic carbocycles. The van der Waals surface area contributed by atoms with Crippen LogP contribution in [0.2, 0.25) is 0 Å². The van der Waals surface area contributed by atoms with Gasteiger partial charge in [-0.25, -0.2) is 0 Å². The van der Waals surface area contributed by atoms with Crippen LogP contribution in [0.1, 0.15) is 45.4 Å². The van der Waals surface area contributed by atoms with Crippen LogP contribution in [0.3, 0.4) is 0 Å². The molecule has 0 heterocycles. The van der Waals surface area contributed by atoms with Crippen molar-refractivity contribution < 1.29 is 4.84 Å². The van der Waals surface area contributed by atoms with Gasteiger partial charge >= 0.3 is 0 Å². The molecule has 2 heteroatoms. The van der Waals surface area contributed by atoms with Crippen LogP contribution in [0, 0.1) is 5.41 Å². The molecule has 2 rings (SSSR count). The van der Waals surface area contributed by atoms with Crippen LogP contribution in [0.15, 0.2) is 5.16 Å². The molecule has 12 heavy (non-hydrogen) atoms. The molecule has 2 aliphatic rings. The van der Waals surface area contributed by atoms with Crippen molar-refractivity contribution in [2.24, 2.45) is 10.6 Å². The van der Waals surface area contributed by atoms with Crippen LogP contribution in [0.4, 0.5) is 0 Å². The standard InChI is InChI=1S/C10H17NO/c1-2-12-11-9-5-8-10(9)6-3-4-7-10/h2-8H2,1H3/b11-9-. The third-order valence-corrected chi connectivity index (χ3v) is 3.32. The van der Waals surface area contributed by atoms with Crippen LogP contribution in [0.25, 0.3) is 0 Å². The second-order valence-electron chi connectivity index (χ2n) is 3.94. The monoisotopic (exact) mass is 167 g/mol. The zero-order valence-corrected chi connectivity index (χ0v) is 7.81. The van der Waals surface area contributed by atoms with Gasteiger partial charge in [-0.2, -0.15) is 0 Å². The molecule has 0 unspecified atom stereocenters. The van der Waals surface area contributed by atoms with Crippen molar-refractivity contribution in [3.63, 3.8) is 0 Å². The van der Waals surface area contributed by atoms with Gasteiger partial charge in [0.05, 0.1) is 5.71 Å². The third-order valence-electron chi connectivity index (χ3n) is 3.32. The SMILES string of the molecule is CCO/N=C1/CCC12CCCC2. The smallest absolute Gasteiger partial charge is 0.114 e. The van der Waals surface area contributed by atoms with Gasteiger partial charge in [0, 0.05) is 5.41 Å². The topological polar surface area (TPSA) is 21.6 Å². The van der Waals surface area contributed by atoms with E-state index in [2.05, 4.69) is 5.16 Å². The molecule has 0 aromatic rings. The molecule has 0 aromatic heterocycles. The van der Waals surface area contributed by atoms with E-state index in [9.17, 15) is 0 Å². The van der Waals surface area contributed by atoms with E-state index < -0.39 is 0 Å². The normalized spacial score (nSPS) is 29.2. The first kappa shape index (κ1) is 8.09. The number of hydrogen-bond donors (Lipinski definition) is 0. The minimum Gasteiger partial charge on any atom is -0.396 e. The van der Waals surface area contributed by atoms with Crippen molar-refractivity contribution in [3.05, 3.63) is 0 Å². The van der Waals surface area contributed by atoms with E-state index >= 15 is 0 Å². The zero-order chi connectivity index (χ0) is 8.44. The number of nitrogens with zero attached hydrogens (tertiary/aromatic N) is 1. The molecule has 0 aromatic carbocycles. The minimum absolute atomic E-state index is 0.509. The molecule has 1 spiro atoms. The molecule has 0 atom stereocenters. The molecule has 0 N–H and O–H groups in total.